The van der Waals surface area contributed by atoms with Gasteiger partial charge in [0.2, 0.25) is 5.91 Å². The highest BCUT2D eigenvalue weighted by Gasteiger charge is 2.23. The van der Waals surface area contributed by atoms with Crippen molar-refractivity contribution in [3.8, 4) is 0 Å². The molecule has 2 heterocycles. The highest BCUT2D eigenvalue weighted by molar-refractivity contribution is 7.13. The Morgan fingerprint density at radius 2 is 1.81 bits per heavy atom. The van der Waals surface area contributed by atoms with Crippen molar-refractivity contribution in [1.29, 1.82) is 0 Å². The van der Waals surface area contributed by atoms with Gasteiger partial charge >= 0.3 is 0 Å². The molecule has 0 bridgehead atoms. The number of halogens is 1. The van der Waals surface area contributed by atoms with Crippen LogP contribution in [0.3, 0.4) is 0 Å². The Kier molecular flexibility index (Phi) is 7.87. The summed E-state index contributed by atoms with van der Waals surface area (Å²) < 4.78 is 5.87. The second-order valence-corrected chi connectivity index (χ2v) is 9.13. The Hall–Kier alpha value is -2.48. The molecule has 0 atom stereocenters. The number of ketones is 1. The molecule has 0 aliphatic carbocycles. The third-order valence-electron chi connectivity index (χ3n) is 5.70. The SMILES string of the molecule is CC(=O)Nc1ccc(C(=O)CN2CCN(c3nsc4ccccc34)CC2)cc1C(C)C.Cl. The molecule has 0 unspecified atom stereocenters. The van der Waals surface area contributed by atoms with Gasteiger partial charge in [-0.1, -0.05) is 26.0 Å². The fraction of sp³-hybridized carbons (Fsp3) is 0.375. The molecule has 1 saturated heterocycles. The van der Waals surface area contributed by atoms with Crippen LogP contribution in [0.15, 0.2) is 42.5 Å². The first kappa shape index (κ1) is 24.2. The second-order valence-electron chi connectivity index (χ2n) is 8.33. The molecule has 1 aliphatic heterocycles. The Morgan fingerprint density at radius 3 is 2.50 bits per heavy atom. The lowest BCUT2D eigenvalue weighted by Gasteiger charge is -2.34. The number of fused-ring (bicyclic) bond motifs is 1. The Balaban J connectivity index is 0.00000289. The first-order chi connectivity index (χ1) is 14.9. The second kappa shape index (κ2) is 10.4. The summed E-state index contributed by atoms with van der Waals surface area (Å²) in [6.07, 6.45) is 0. The monoisotopic (exact) mass is 472 g/mol. The summed E-state index contributed by atoms with van der Waals surface area (Å²) >= 11 is 1.54. The smallest absolute Gasteiger partial charge is 0.221 e. The van der Waals surface area contributed by atoms with Crippen molar-refractivity contribution in [2.45, 2.75) is 26.7 Å². The highest BCUT2D eigenvalue weighted by atomic mass is 35.5. The maximum Gasteiger partial charge on any atom is 0.221 e. The number of rotatable bonds is 6. The van der Waals surface area contributed by atoms with Gasteiger partial charge in [0.25, 0.3) is 0 Å². The number of amides is 1. The third kappa shape index (κ3) is 5.28. The minimum Gasteiger partial charge on any atom is -0.353 e. The molecular weight excluding hydrogens is 444 g/mol. The molecule has 2 aromatic carbocycles. The van der Waals surface area contributed by atoms with E-state index in [0.717, 1.165) is 43.2 Å². The predicted octanol–water partition coefficient (Wildman–Crippen LogP) is 4.80. The summed E-state index contributed by atoms with van der Waals surface area (Å²) in [5.41, 5.74) is 2.47. The van der Waals surface area contributed by atoms with Crippen LogP contribution in [-0.2, 0) is 4.79 Å². The number of piperazine rings is 1. The van der Waals surface area contributed by atoms with Crippen LogP contribution in [0, 0.1) is 0 Å². The number of benzene rings is 2. The van der Waals surface area contributed by atoms with Crippen molar-refractivity contribution in [3.05, 3.63) is 53.6 Å². The van der Waals surface area contributed by atoms with E-state index in [4.69, 9.17) is 0 Å². The van der Waals surface area contributed by atoms with Crippen molar-refractivity contribution in [1.82, 2.24) is 9.27 Å². The van der Waals surface area contributed by atoms with E-state index >= 15 is 0 Å². The van der Waals surface area contributed by atoms with E-state index in [1.165, 1.54) is 28.5 Å². The van der Waals surface area contributed by atoms with Gasteiger partial charge < -0.3 is 10.2 Å². The molecular formula is C24H29ClN4O2S. The molecule has 170 valence electrons. The van der Waals surface area contributed by atoms with E-state index in [9.17, 15) is 9.59 Å². The van der Waals surface area contributed by atoms with Crippen LogP contribution in [0.2, 0.25) is 0 Å². The van der Waals surface area contributed by atoms with E-state index in [0.29, 0.717) is 12.1 Å². The minimum atomic E-state index is -0.105. The van der Waals surface area contributed by atoms with Gasteiger partial charge in [0, 0.05) is 49.7 Å². The lowest BCUT2D eigenvalue weighted by molar-refractivity contribution is -0.114. The fourth-order valence-electron chi connectivity index (χ4n) is 4.03. The average Bonchev–Trinajstić information content (AvgIpc) is 3.18. The first-order valence-corrected chi connectivity index (χ1v) is 11.5. The van der Waals surface area contributed by atoms with Crippen LogP contribution < -0.4 is 10.2 Å². The largest absolute Gasteiger partial charge is 0.353 e. The standard InChI is InChI=1S/C24H28N4O2S.ClH/c1-16(2)20-14-18(8-9-21(20)25-17(3)29)22(30)15-27-10-12-28(13-11-27)24-19-6-4-5-7-23(19)31-26-24;/h4-9,14,16H,10-13,15H2,1-3H3,(H,25,29);1H. The number of aromatic nitrogens is 1. The zero-order valence-electron chi connectivity index (χ0n) is 18.6. The topological polar surface area (TPSA) is 65.5 Å². The molecule has 32 heavy (non-hydrogen) atoms. The van der Waals surface area contributed by atoms with Gasteiger partial charge in [0.05, 0.1) is 11.2 Å². The van der Waals surface area contributed by atoms with Crippen LogP contribution >= 0.6 is 23.9 Å². The van der Waals surface area contributed by atoms with E-state index in [1.807, 2.05) is 24.3 Å². The van der Waals surface area contributed by atoms with Crippen molar-refractivity contribution in [2.75, 3.05) is 42.9 Å². The molecule has 1 aliphatic rings. The number of nitrogens with one attached hydrogen (secondary N) is 1. The summed E-state index contributed by atoms with van der Waals surface area (Å²) in [5, 5.41) is 4.07. The number of anilines is 2. The highest BCUT2D eigenvalue weighted by Crippen LogP contribution is 2.30. The Morgan fingerprint density at radius 1 is 1.09 bits per heavy atom. The maximum atomic E-state index is 13.0. The van der Waals surface area contributed by atoms with Gasteiger partial charge in [-0.2, -0.15) is 4.37 Å². The Labute approximate surface area is 199 Å². The van der Waals surface area contributed by atoms with E-state index in [1.54, 1.807) is 0 Å². The molecule has 0 spiro atoms. The third-order valence-corrected chi connectivity index (χ3v) is 6.52. The number of nitrogens with zero attached hydrogens (tertiary/aromatic N) is 3. The molecule has 8 heteroatoms. The van der Waals surface area contributed by atoms with E-state index in [2.05, 4.69) is 51.5 Å². The van der Waals surface area contributed by atoms with E-state index in [-0.39, 0.29) is 30.0 Å². The molecule has 1 N–H and O–H groups in total. The minimum absolute atomic E-state index is 0. The Bertz CT molecular complexity index is 1110. The average molecular weight is 473 g/mol. The zero-order valence-corrected chi connectivity index (χ0v) is 20.3. The molecule has 3 aromatic rings. The zero-order chi connectivity index (χ0) is 22.0. The number of carbonyl (C=O) groups is 2. The molecule has 6 nitrogen and oxygen atoms in total. The van der Waals surface area contributed by atoms with Crippen LogP contribution in [0.5, 0.6) is 0 Å². The van der Waals surface area contributed by atoms with Gasteiger partial charge in [-0.3, -0.25) is 14.5 Å². The van der Waals surface area contributed by atoms with Crippen molar-refractivity contribution in [2.24, 2.45) is 0 Å². The number of Topliss-reactive ketones (excluding diaryl/α,β-unsaturated/α-hetero) is 1. The number of hydrogen-bond acceptors (Lipinski definition) is 6. The summed E-state index contributed by atoms with van der Waals surface area (Å²) in [6.45, 7) is 9.42. The van der Waals surface area contributed by atoms with Crippen LogP contribution in [0.25, 0.3) is 10.1 Å². The molecule has 0 radical (unpaired) electrons. The lowest BCUT2D eigenvalue weighted by atomic mass is 9.96. The lowest BCUT2D eigenvalue weighted by Crippen LogP contribution is -2.48. The summed E-state index contributed by atoms with van der Waals surface area (Å²) in [5.74, 6) is 1.28. The van der Waals surface area contributed by atoms with Gasteiger partial charge in [-0.15, -0.1) is 12.4 Å². The van der Waals surface area contributed by atoms with Gasteiger partial charge in [0.1, 0.15) is 5.82 Å². The van der Waals surface area contributed by atoms with Crippen molar-refractivity contribution < 1.29 is 9.59 Å². The summed E-state index contributed by atoms with van der Waals surface area (Å²) in [7, 11) is 0. The number of hydrogen-bond donors (Lipinski definition) is 1. The quantitative estimate of drug-likeness (QED) is 0.522. The summed E-state index contributed by atoms with van der Waals surface area (Å²) in [6, 6.07) is 13.9. The van der Waals surface area contributed by atoms with Crippen LogP contribution in [0.4, 0.5) is 11.5 Å². The van der Waals surface area contributed by atoms with Crippen LogP contribution in [0.1, 0.15) is 42.6 Å². The molecule has 1 fully saturated rings. The molecule has 0 saturated carbocycles. The predicted molar refractivity (Wildman–Crippen MR) is 135 cm³/mol. The summed E-state index contributed by atoms with van der Waals surface area (Å²) in [4.78, 5) is 28.9. The first-order valence-electron chi connectivity index (χ1n) is 10.7. The maximum absolute atomic E-state index is 13.0. The van der Waals surface area contributed by atoms with Crippen molar-refractivity contribution >= 4 is 57.2 Å². The molecule has 1 aromatic heterocycles. The normalized spacial score (nSPS) is 14.4. The van der Waals surface area contributed by atoms with Gasteiger partial charge in [-0.25, -0.2) is 0 Å². The fourth-order valence-corrected chi connectivity index (χ4v) is 4.83. The van der Waals surface area contributed by atoms with E-state index < -0.39 is 0 Å². The molecule has 4 rings (SSSR count). The van der Waals surface area contributed by atoms with Gasteiger partial charge in [-0.05, 0) is 53.3 Å². The number of carbonyl (C=O) groups excluding carboxylic acids is 2. The van der Waals surface area contributed by atoms with Crippen molar-refractivity contribution in [3.63, 3.8) is 0 Å². The van der Waals surface area contributed by atoms with Gasteiger partial charge in [0.15, 0.2) is 5.78 Å². The van der Waals surface area contributed by atoms with Crippen LogP contribution in [-0.4, -0.2) is 53.7 Å². The molecule has 1 amide bonds.